The molecule has 0 unspecified atom stereocenters. The minimum absolute atomic E-state index is 0. The summed E-state index contributed by atoms with van der Waals surface area (Å²) in [7, 11) is 0. The van der Waals surface area contributed by atoms with Gasteiger partial charge in [0, 0.05) is 6.42 Å². The van der Waals surface area contributed by atoms with Gasteiger partial charge in [-0.3, -0.25) is 0 Å². The van der Waals surface area contributed by atoms with Gasteiger partial charge in [0.25, 0.3) is 0 Å². The van der Waals surface area contributed by atoms with Crippen LogP contribution in [0.25, 0.3) is 5.57 Å². The van der Waals surface area contributed by atoms with Gasteiger partial charge in [-0.2, -0.15) is 0 Å². The summed E-state index contributed by atoms with van der Waals surface area (Å²) in [4.78, 5) is 0. The highest BCUT2D eigenvalue weighted by atomic mass is 14.9. The van der Waals surface area contributed by atoms with Crippen LogP contribution in [0.2, 0.25) is 0 Å². The summed E-state index contributed by atoms with van der Waals surface area (Å²) in [6.07, 6.45) is 8.93. The molecule has 104 valence electrons. The Bertz CT molecular complexity index is 496. The quantitative estimate of drug-likeness (QED) is 0.816. The maximum atomic E-state index is 5.89. The molecule has 0 spiro atoms. The molecule has 1 aliphatic carbocycles. The molecule has 0 saturated carbocycles. The van der Waals surface area contributed by atoms with E-state index in [9.17, 15) is 0 Å². The molecule has 2 rings (SSSR count). The molecule has 0 saturated heterocycles. The Hall–Kier alpha value is -1.38. The fourth-order valence-electron chi connectivity index (χ4n) is 2.52. The molecule has 0 amide bonds. The SMILES string of the molecule is C.CCc1cccc(C2=CCC(N)(N)C=C2)c1CC. The zero-order chi connectivity index (χ0) is 13.2. The second-order valence-corrected chi connectivity index (χ2v) is 4.96. The lowest BCUT2D eigenvalue weighted by Gasteiger charge is -2.24. The first-order valence-corrected chi connectivity index (χ1v) is 6.65. The molecule has 1 aromatic carbocycles. The van der Waals surface area contributed by atoms with Crippen LogP contribution in [0.1, 0.15) is 44.4 Å². The molecule has 4 N–H and O–H groups in total. The fourth-order valence-corrected chi connectivity index (χ4v) is 2.52. The van der Waals surface area contributed by atoms with E-state index in [0.717, 1.165) is 12.8 Å². The highest BCUT2D eigenvalue weighted by Crippen LogP contribution is 2.28. The third kappa shape index (κ3) is 3.34. The van der Waals surface area contributed by atoms with Crippen molar-refractivity contribution in [3.8, 4) is 0 Å². The van der Waals surface area contributed by atoms with E-state index < -0.39 is 5.66 Å². The van der Waals surface area contributed by atoms with E-state index in [1.165, 1.54) is 22.3 Å². The standard InChI is InChI=1S/C16H22N2.CH4/c1-3-12-6-5-7-15(14(12)4-2)13-8-10-16(17,18)11-9-13;/h5-10H,3-4,11,17-18H2,1-2H3;1H4. The van der Waals surface area contributed by atoms with Crippen molar-refractivity contribution in [2.45, 2.75) is 46.2 Å². The van der Waals surface area contributed by atoms with Gasteiger partial charge in [0.2, 0.25) is 0 Å². The first-order chi connectivity index (χ1) is 8.57. The van der Waals surface area contributed by atoms with Gasteiger partial charge in [-0.05, 0) is 41.2 Å². The number of benzene rings is 1. The number of allylic oxidation sites excluding steroid dienone is 2. The zero-order valence-corrected chi connectivity index (χ0v) is 11.2. The molecule has 2 nitrogen and oxygen atoms in total. The van der Waals surface area contributed by atoms with Crippen molar-refractivity contribution in [2.75, 3.05) is 0 Å². The molecule has 0 radical (unpaired) electrons. The third-order valence-corrected chi connectivity index (χ3v) is 3.57. The second-order valence-electron chi connectivity index (χ2n) is 4.96. The minimum Gasteiger partial charge on any atom is -0.310 e. The molecule has 0 aliphatic heterocycles. The molecule has 19 heavy (non-hydrogen) atoms. The third-order valence-electron chi connectivity index (χ3n) is 3.57. The summed E-state index contributed by atoms with van der Waals surface area (Å²) in [5.74, 6) is 0. The average Bonchev–Trinajstić information content (AvgIpc) is 2.37. The number of rotatable bonds is 3. The molecular formula is C17H26N2. The smallest absolute Gasteiger partial charge is 0.0867 e. The van der Waals surface area contributed by atoms with Gasteiger partial charge in [0.05, 0.1) is 5.66 Å². The maximum absolute atomic E-state index is 5.89. The van der Waals surface area contributed by atoms with E-state index >= 15 is 0 Å². The van der Waals surface area contributed by atoms with Crippen LogP contribution >= 0.6 is 0 Å². The first kappa shape index (κ1) is 15.7. The van der Waals surface area contributed by atoms with E-state index in [2.05, 4.69) is 44.2 Å². The van der Waals surface area contributed by atoms with Crippen molar-refractivity contribution in [3.63, 3.8) is 0 Å². The van der Waals surface area contributed by atoms with Crippen molar-refractivity contribution in [1.82, 2.24) is 0 Å². The summed E-state index contributed by atoms with van der Waals surface area (Å²) in [5, 5.41) is 0. The Kier molecular flexibility index (Phi) is 5.10. The normalized spacial score (nSPS) is 16.7. The molecule has 1 aromatic rings. The Balaban J connectivity index is 0.00000180. The van der Waals surface area contributed by atoms with Crippen molar-refractivity contribution in [3.05, 3.63) is 53.1 Å². The molecular weight excluding hydrogens is 232 g/mol. The highest BCUT2D eigenvalue weighted by molar-refractivity contribution is 5.78. The van der Waals surface area contributed by atoms with Crippen molar-refractivity contribution in [1.29, 1.82) is 0 Å². The van der Waals surface area contributed by atoms with Gasteiger partial charge in [0.1, 0.15) is 0 Å². The lowest BCUT2D eigenvalue weighted by Crippen LogP contribution is -2.47. The van der Waals surface area contributed by atoms with Crippen LogP contribution in [0.3, 0.4) is 0 Å². The van der Waals surface area contributed by atoms with Gasteiger partial charge in [-0.15, -0.1) is 0 Å². The summed E-state index contributed by atoms with van der Waals surface area (Å²) in [6.45, 7) is 4.41. The largest absolute Gasteiger partial charge is 0.310 e. The predicted molar refractivity (Wildman–Crippen MR) is 84.8 cm³/mol. The molecule has 0 fully saturated rings. The number of hydrogen-bond donors (Lipinski definition) is 2. The van der Waals surface area contributed by atoms with Gasteiger partial charge < -0.3 is 11.5 Å². The number of nitrogens with two attached hydrogens (primary N) is 2. The van der Waals surface area contributed by atoms with E-state index in [4.69, 9.17) is 11.5 Å². The van der Waals surface area contributed by atoms with Crippen LogP contribution in [0, 0.1) is 0 Å². The number of hydrogen-bond acceptors (Lipinski definition) is 2. The lowest BCUT2D eigenvalue weighted by molar-refractivity contribution is 0.558. The molecule has 0 atom stereocenters. The van der Waals surface area contributed by atoms with Crippen molar-refractivity contribution in [2.24, 2.45) is 11.5 Å². The van der Waals surface area contributed by atoms with E-state index in [1.54, 1.807) is 0 Å². The van der Waals surface area contributed by atoms with E-state index in [-0.39, 0.29) is 7.43 Å². The Morgan fingerprint density at radius 3 is 2.42 bits per heavy atom. The second kappa shape index (κ2) is 6.18. The van der Waals surface area contributed by atoms with Crippen molar-refractivity contribution >= 4 is 5.57 Å². The predicted octanol–water partition coefficient (Wildman–Crippen LogP) is 3.40. The van der Waals surface area contributed by atoms with Gasteiger partial charge in [-0.1, -0.05) is 51.6 Å². The molecule has 2 heteroatoms. The van der Waals surface area contributed by atoms with Crippen LogP contribution in [-0.2, 0) is 12.8 Å². The minimum atomic E-state index is -0.682. The molecule has 0 aromatic heterocycles. The van der Waals surface area contributed by atoms with Crippen molar-refractivity contribution < 1.29 is 0 Å². The number of aryl methyl sites for hydroxylation is 1. The van der Waals surface area contributed by atoms with Crippen LogP contribution < -0.4 is 11.5 Å². The Labute approximate surface area is 117 Å². The summed E-state index contributed by atoms with van der Waals surface area (Å²) in [5.41, 5.74) is 16.5. The van der Waals surface area contributed by atoms with E-state index in [0.29, 0.717) is 6.42 Å². The monoisotopic (exact) mass is 258 g/mol. The Morgan fingerprint density at radius 2 is 1.89 bits per heavy atom. The fraction of sp³-hybridized carbons (Fsp3) is 0.412. The van der Waals surface area contributed by atoms with E-state index in [1.807, 2.05) is 6.08 Å². The summed E-state index contributed by atoms with van der Waals surface area (Å²) < 4.78 is 0. The molecule has 0 heterocycles. The van der Waals surface area contributed by atoms with Gasteiger partial charge in [0.15, 0.2) is 0 Å². The summed E-state index contributed by atoms with van der Waals surface area (Å²) in [6, 6.07) is 6.54. The zero-order valence-electron chi connectivity index (χ0n) is 11.2. The van der Waals surface area contributed by atoms with Crippen LogP contribution in [0.4, 0.5) is 0 Å². The van der Waals surface area contributed by atoms with Crippen LogP contribution in [-0.4, -0.2) is 5.66 Å². The van der Waals surface area contributed by atoms with Gasteiger partial charge >= 0.3 is 0 Å². The topological polar surface area (TPSA) is 52.0 Å². The van der Waals surface area contributed by atoms with Crippen LogP contribution in [0.15, 0.2) is 36.4 Å². The summed E-state index contributed by atoms with van der Waals surface area (Å²) >= 11 is 0. The average molecular weight is 258 g/mol. The van der Waals surface area contributed by atoms with Crippen LogP contribution in [0.5, 0.6) is 0 Å². The van der Waals surface area contributed by atoms with Gasteiger partial charge in [-0.25, -0.2) is 0 Å². The first-order valence-electron chi connectivity index (χ1n) is 6.65. The highest BCUT2D eigenvalue weighted by Gasteiger charge is 2.18. The molecule has 0 bridgehead atoms. The lowest BCUT2D eigenvalue weighted by atomic mass is 9.88. The molecule has 1 aliphatic rings. The maximum Gasteiger partial charge on any atom is 0.0867 e. The Morgan fingerprint density at radius 1 is 1.16 bits per heavy atom.